The molecule has 7 atom stereocenters. The van der Waals surface area contributed by atoms with Crippen LogP contribution in [0.1, 0.15) is 70.8 Å². The van der Waals surface area contributed by atoms with Gasteiger partial charge >= 0.3 is 6.09 Å². The maximum atomic E-state index is 12.5. The zero-order valence-electron chi connectivity index (χ0n) is 19.8. The first kappa shape index (κ1) is 21.8. The number of amides is 2. The number of benzene rings is 1. The van der Waals surface area contributed by atoms with E-state index in [2.05, 4.69) is 24.1 Å². The van der Waals surface area contributed by atoms with Gasteiger partial charge in [0, 0.05) is 26.1 Å². The van der Waals surface area contributed by atoms with Crippen LogP contribution in [0, 0.1) is 28.6 Å². The van der Waals surface area contributed by atoms with Gasteiger partial charge in [-0.2, -0.15) is 0 Å². The van der Waals surface area contributed by atoms with E-state index in [0.29, 0.717) is 42.7 Å². The first-order valence-electron chi connectivity index (χ1n) is 12.5. The Morgan fingerprint density at radius 3 is 2.69 bits per heavy atom. The number of nitrogens with zero attached hydrogens (tertiary/aromatic N) is 1. The normalized spacial score (nSPS) is 40.8. The summed E-state index contributed by atoms with van der Waals surface area (Å²) in [5, 5.41) is 2.93. The van der Waals surface area contributed by atoms with Crippen LogP contribution in [0.2, 0.25) is 0 Å². The van der Waals surface area contributed by atoms with Gasteiger partial charge < -0.3 is 15.0 Å². The molecule has 4 fully saturated rings. The van der Waals surface area contributed by atoms with Gasteiger partial charge in [0.25, 0.3) is 0 Å². The molecule has 5 nitrogen and oxygen atoms in total. The first-order valence-corrected chi connectivity index (χ1v) is 12.5. The molecule has 5 rings (SSSR count). The summed E-state index contributed by atoms with van der Waals surface area (Å²) in [6.07, 6.45) is 8.22. The number of nitrogens with one attached hydrogen (secondary N) is 1. The Kier molecular flexibility index (Phi) is 5.50. The molecule has 4 aliphatic rings. The lowest BCUT2D eigenvalue weighted by Crippen LogP contribution is -2.61. The number of carbonyl (C=O) groups is 2. The van der Waals surface area contributed by atoms with Crippen molar-refractivity contribution < 1.29 is 14.3 Å². The van der Waals surface area contributed by atoms with Crippen molar-refractivity contribution in [3.05, 3.63) is 35.9 Å². The number of carbonyl (C=O) groups excluding carboxylic acids is 2. The van der Waals surface area contributed by atoms with Gasteiger partial charge in [-0.15, -0.1) is 0 Å². The summed E-state index contributed by atoms with van der Waals surface area (Å²) in [6, 6.07) is 10.4. The fraction of sp³-hybridized carbons (Fsp3) is 0.704. The third kappa shape index (κ3) is 3.62. The summed E-state index contributed by atoms with van der Waals surface area (Å²) in [4.78, 5) is 26.9. The molecule has 0 radical (unpaired) electrons. The lowest BCUT2D eigenvalue weighted by Gasteiger charge is -2.61. The standard InChI is InChI=1S/C27H38N2O3/c1-26-13-11-21-20(9-10-23-27(21,2)14-12-24(30)29(23)3)22(26)15-19(16-26)32-25(31)28-17-18-7-5-4-6-8-18/h4-8,19-23H,9-17H2,1-3H3,(H,28,31)/t19?,20?,21?,22?,23?,26-,27-/m1/s1. The van der Waals surface area contributed by atoms with E-state index in [4.69, 9.17) is 4.74 Å². The zero-order valence-corrected chi connectivity index (χ0v) is 19.8. The Labute approximate surface area is 192 Å². The highest BCUT2D eigenvalue weighted by molar-refractivity contribution is 5.77. The van der Waals surface area contributed by atoms with Crippen molar-refractivity contribution in [1.82, 2.24) is 10.2 Å². The van der Waals surface area contributed by atoms with Crippen LogP contribution >= 0.6 is 0 Å². The van der Waals surface area contributed by atoms with Gasteiger partial charge in [-0.05, 0) is 79.1 Å². The van der Waals surface area contributed by atoms with Crippen molar-refractivity contribution in [3.8, 4) is 0 Å². The molecule has 1 aliphatic heterocycles. The van der Waals surface area contributed by atoms with Gasteiger partial charge in [0.05, 0.1) is 0 Å². The van der Waals surface area contributed by atoms with E-state index in [1.807, 2.05) is 37.4 Å². The quantitative estimate of drug-likeness (QED) is 0.710. The van der Waals surface area contributed by atoms with E-state index in [0.717, 1.165) is 31.2 Å². The molecule has 3 saturated carbocycles. The molecule has 174 valence electrons. The largest absolute Gasteiger partial charge is 0.446 e. The van der Waals surface area contributed by atoms with Crippen LogP contribution in [-0.4, -0.2) is 36.1 Å². The number of rotatable bonds is 3. The molecule has 1 heterocycles. The molecule has 1 saturated heterocycles. The second-order valence-corrected chi connectivity index (χ2v) is 11.5. The fourth-order valence-electron chi connectivity index (χ4n) is 8.20. The molecule has 3 aliphatic carbocycles. The minimum absolute atomic E-state index is 0.0145. The molecule has 2 amide bonds. The van der Waals surface area contributed by atoms with Crippen LogP contribution in [0.15, 0.2) is 30.3 Å². The Bertz CT molecular complexity index is 873. The second kappa shape index (κ2) is 8.07. The summed E-state index contributed by atoms with van der Waals surface area (Å²) in [6.45, 7) is 5.40. The maximum absolute atomic E-state index is 12.5. The average Bonchev–Trinajstić information content (AvgIpc) is 3.12. The van der Waals surface area contributed by atoms with E-state index in [-0.39, 0.29) is 23.0 Å². The molecule has 0 aromatic heterocycles. The summed E-state index contributed by atoms with van der Waals surface area (Å²) in [5.41, 5.74) is 1.59. The lowest BCUT2D eigenvalue weighted by molar-refractivity contribution is -0.156. The Morgan fingerprint density at radius 2 is 1.91 bits per heavy atom. The molecule has 1 N–H and O–H groups in total. The predicted molar refractivity (Wildman–Crippen MR) is 124 cm³/mol. The molecular formula is C27H38N2O3. The highest BCUT2D eigenvalue weighted by atomic mass is 16.6. The minimum atomic E-state index is -0.291. The van der Waals surface area contributed by atoms with Crippen LogP contribution in [0.25, 0.3) is 0 Å². The maximum Gasteiger partial charge on any atom is 0.407 e. The third-order valence-corrected chi connectivity index (χ3v) is 9.84. The highest BCUT2D eigenvalue weighted by Crippen LogP contribution is 2.64. The van der Waals surface area contributed by atoms with Crippen molar-refractivity contribution in [2.45, 2.75) is 83.9 Å². The molecule has 5 heteroatoms. The summed E-state index contributed by atoms with van der Waals surface area (Å²) in [7, 11) is 2.02. The SMILES string of the molecule is CN1C(=O)CC[C@]2(C)C3CC[C@]4(C)CC(OC(=O)NCc5ccccc5)CC4C3CCC12. The van der Waals surface area contributed by atoms with Crippen molar-refractivity contribution in [3.63, 3.8) is 0 Å². The summed E-state index contributed by atoms with van der Waals surface area (Å²) in [5.74, 6) is 2.31. The monoisotopic (exact) mass is 438 g/mol. The number of hydrogen-bond acceptors (Lipinski definition) is 3. The molecule has 0 bridgehead atoms. The van der Waals surface area contributed by atoms with Crippen LogP contribution in [-0.2, 0) is 16.1 Å². The minimum Gasteiger partial charge on any atom is -0.446 e. The van der Waals surface area contributed by atoms with Crippen LogP contribution < -0.4 is 5.32 Å². The Hall–Kier alpha value is -2.04. The number of likely N-dealkylation sites (tertiary alicyclic amines) is 1. The average molecular weight is 439 g/mol. The van der Waals surface area contributed by atoms with Crippen LogP contribution in [0.5, 0.6) is 0 Å². The molecule has 32 heavy (non-hydrogen) atoms. The second-order valence-electron chi connectivity index (χ2n) is 11.5. The lowest BCUT2D eigenvalue weighted by atomic mass is 9.47. The highest BCUT2D eigenvalue weighted by Gasteiger charge is 2.60. The molecule has 1 aromatic carbocycles. The van der Waals surface area contributed by atoms with Crippen molar-refractivity contribution >= 4 is 12.0 Å². The smallest absolute Gasteiger partial charge is 0.407 e. The van der Waals surface area contributed by atoms with Gasteiger partial charge in [-0.3, -0.25) is 4.79 Å². The number of alkyl carbamates (subject to hydrolysis) is 1. The Morgan fingerprint density at radius 1 is 1.12 bits per heavy atom. The number of ether oxygens (including phenoxy) is 1. The van der Waals surface area contributed by atoms with E-state index < -0.39 is 0 Å². The van der Waals surface area contributed by atoms with Crippen molar-refractivity contribution in [1.29, 1.82) is 0 Å². The van der Waals surface area contributed by atoms with E-state index in [1.165, 1.54) is 19.3 Å². The molecule has 0 spiro atoms. The van der Waals surface area contributed by atoms with Crippen molar-refractivity contribution in [2.24, 2.45) is 28.6 Å². The van der Waals surface area contributed by atoms with E-state index in [9.17, 15) is 9.59 Å². The van der Waals surface area contributed by atoms with Gasteiger partial charge in [0.1, 0.15) is 6.10 Å². The van der Waals surface area contributed by atoms with Gasteiger partial charge in [0.15, 0.2) is 0 Å². The van der Waals surface area contributed by atoms with Crippen LogP contribution in [0.4, 0.5) is 4.79 Å². The van der Waals surface area contributed by atoms with Gasteiger partial charge in [-0.25, -0.2) is 4.79 Å². The third-order valence-electron chi connectivity index (χ3n) is 9.84. The van der Waals surface area contributed by atoms with Gasteiger partial charge in [0.2, 0.25) is 5.91 Å². The number of fused-ring (bicyclic) bond motifs is 5. The first-order chi connectivity index (χ1) is 15.3. The molecule has 5 unspecified atom stereocenters. The van der Waals surface area contributed by atoms with E-state index >= 15 is 0 Å². The molecular weight excluding hydrogens is 400 g/mol. The molecule has 1 aromatic rings. The zero-order chi connectivity index (χ0) is 22.5. The van der Waals surface area contributed by atoms with Crippen LogP contribution in [0.3, 0.4) is 0 Å². The van der Waals surface area contributed by atoms with Gasteiger partial charge in [-0.1, -0.05) is 44.2 Å². The number of piperidine rings is 1. The van der Waals surface area contributed by atoms with E-state index in [1.54, 1.807) is 0 Å². The Balaban J connectivity index is 1.24. The summed E-state index contributed by atoms with van der Waals surface area (Å²) < 4.78 is 5.93. The van der Waals surface area contributed by atoms with Crippen molar-refractivity contribution in [2.75, 3.05) is 7.05 Å². The fourth-order valence-corrected chi connectivity index (χ4v) is 8.20. The topological polar surface area (TPSA) is 58.6 Å². The predicted octanol–water partition coefficient (Wildman–Crippen LogP) is 5.14. The summed E-state index contributed by atoms with van der Waals surface area (Å²) >= 11 is 0. The number of hydrogen-bond donors (Lipinski definition) is 1.